The third-order valence-corrected chi connectivity index (χ3v) is 4.33. The van der Waals surface area contributed by atoms with Crippen molar-refractivity contribution >= 4 is 11.8 Å². The molecule has 0 aromatic rings. The summed E-state index contributed by atoms with van der Waals surface area (Å²) in [6.45, 7) is 6.63. The van der Waals surface area contributed by atoms with Crippen molar-refractivity contribution < 1.29 is 4.74 Å². The summed E-state index contributed by atoms with van der Waals surface area (Å²) in [5.74, 6) is 0.948. The summed E-state index contributed by atoms with van der Waals surface area (Å²) in [5.41, 5.74) is -0.162. The Morgan fingerprint density at radius 1 is 1.27 bits per heavy atom. The SMILES string of the molecule is CC(C)(C)SCC1(OC#N)CCCCC1. The first-order chi connectivity index (χ1) is 6.97. The van der Waals surface area contributed by atoms with E-state index >= 15 is 0 Å². The molecule has 0 radical (unpaired) electrons. The van der Waals surface area contributed by atoms with Crippen molar-refractivity contribution in [2.45, 2.75) is 63.2 Å². The summed E-state index contributed by atoms with van der Waals surface area (Å²) < 4.78 is 5.60. The summed E-state index contributed by atoms with van der Waals surface area (Å²) in [5, 5.41) is 8.73. The number of hydrogen-bond donors (Lipinski definition) is 0. The van der Waals surface area contributed by atoms with Gasteiger partial charge in [0, 0.05) is 10.5 Å². The highest BCUT2D eigenvalue weighted by Gasteiger charge is 2.35. The molecule has 1 saturated carbocycles. The summed E-state index contributed by atoms with van der Waals surface area (Å²) in [6.07, 6.45) is 7.68. The molecule has 1 rings (SSSR count). The highest BCUT2D eigenvalue weighted by molar-refractivity contribution is 8.00. The van der Waals surface area contributed by atoms with Gasteiger partial charge in [0.05, 0.1) is 0 Å². The van der Waals surface area contributed by atoms with Crippen molar-refractivity contribution in [3.05, 3.63) is 0 Å². The van der Waals surface area contributed by atoms with E-state index in [1.807, 2.05) is 18.0 Å². The predicted octanol–water partition coefficient (Wildman–Crippen LogP) is 3.72. The maximum Gasteiger partial charge on any atom is 0.286 e. The van der Waals surface area contributed by atoms with Gasteiger partial charge in [-0.1, -0.05) is 27.2 Å². The van der Waals surface area contributed by atoms with Crippen LogP contribution in [0.2, 0.25) is 0 Å². The van der Waals surface area contributed by atoms with Gasteiger partial charge in [-0.05, 0) is 25.7 Å². The van der Waals surface area contributed by atoms with Crippen LogP contribution < -0.4 is 0 Å². The van der Waals surface area contributed by atoms with E-state index < -0.39 is 0 Å². The second-order valence-electron chi connectivity index (χ2n) is 5.34. The van der Waals surface area contributed by atoms with E-state index in [1.54, 1.807) is 0 Å². The van der Waals surface area contributed by atoms with Crippen LogP contribution in [0.25, 0.3) is 0 Å². The Balaban J connectivity index is 2.53. The second kappa shape index (κ2) is 5.12. The molecular formula is C12H21NOS. The lowest BCUT2D eigenvalue weighted by Crippen LogP contribution is -2.37. The van der Waals surface area contributed by atoms with Crippen molar-refractivity contribution in [2.75, 3.05) is 5.75 Å². The van der Waals surface area contributed by atoms with Crippen LogP contribution in [-0.4, -0.2) is 16.1 Å². The van der Waals surface area contributed by atoms with Crippen molar-refractivity contribution in [2.24, 2.45) is 0 Å². The summed E-state index contributed by atoms with van der Waals surface area (Å²) in [7, 11) is 0. The van der Waals surface area contributed by atoms with E-state index in [4.69, 9.17) is 10.00 Å². The Morgan fingerprint density at radius 2 is 1.87 bits per heavy atom. The molecule has 0 heterocycles. The van der Waals surface area contributed by atoms with E-state index in [1.165, 1.54) is 19.3 Å². The molecule has 1 aliphatic carbocycles. The molecule has 0 bridgehead atoms. The lowest BCUT2D eigenvalue weighted by atomic mass is 9.86. The molecule has 86 valence electrons. The Kier molecular flexibility index (Phi) is 4.33. The fourth-order valence-corrected chi connectivity index (χ4v) is 2.96. The molecule has 3 heteroatoms. The standard InChI is InChI=1S/C12H21NOS/c1-11(2,3)15-9-12(14-10-13)7-5-4-6-8-12/h4-9H2,1-3H3. The lowest BCUT2D eigenvalue weighted by molar-refractivity contribution is 0.0221. The predicted molar refractivity (Wildman–Crippen MR) is 64.7 cm³/mol. The van der Waals surface area contributed by atoms with E-state index in [0.29, 0.717) is 0 Å². The highest BCUT2D eigenvalue weighted by atomic mass is 32.2. The van der Waals surface area contributed by atoms with Crippen molar-refractivity contribution in [1.82, 2.24) is 0 Å². The molecule has 0 unspecified atom stereocenters. The molecule has 15 heavy (non-hydrogen) atoms. The van der Waals surface area contributed by atoms with Gasteiger partial charge in [-0.3, -0.25) is 0 Å². The van der Waals surface area contributed by atoms with E-state index in [2.05, 4.69) is 20.8 Å². The van der Waals surface area contributed by atoms with E-state index in [-0.39, 0.29) is 10.3 Å². The van der Waals surface area contributed by atoms with Crippen molar-refractivity contribution in [1.29, 1.82) is 5.26 Å². The number of rotatable bonds is 3. The highest BCUT2D eigenvalue weighted by Crippen LogP contribution is 2.37. The van der Waals surface area contributed by atoms with Gasteiger partial charge in [-0.2, -0.15) is 17.0 Å². The summed E-state index contributed by atoms with van der Waals surface area (Å²) >= 11 is 1.90. The molecule has 0 spiro atoms. The van der Waals surface area contributed by atoms with Crippen LogP contribution in [0.5, 0.6) is 0 Å². The Bertz CT molecular complexity index is 233. The van der Waals surface area contributed by atoms with Crippen LogP contribution in [0.15, 0.2) is 0 Å². The van der Waals surface area contributed by atoms with Crippen LogP contribution in [-0.2, 0) is 4.74 Å². The Morgan fingerprint density at radius 3 is 2.33 bits per heavy atom. The summed E-state index contributed by atoms with van der Waals surface area (Å²) in [6, 6.07) is 0. The molecule has 0 aromatic carbocycles. The molecule has 2 nitrogen and oxygen atoms in total. The fraction of sp³-hybridized carbons (Fsp3) is 0.917. The Labute approximate surface area is 97.4 Å². The van der Waals surface area contributed by atoms with E-state index in [0.717, 1.165) is 18.6 Å². The van der Waals surface area contributed by atoms with Crippen LogP contribution in [0.4, 0.5) is 0 Å². The van der Waals surface area contributed by atoms with Gasteiger partial charge in [0.15, 0.2) is 0 Å². The number of nitrogens with zero attached hydrogens (tertiary/aromatic N) is 1. The van der Waals surface area contributed by atoms with E-state index in [9.17, 15) is 0 Å². The normalized spacial score (nSPS) is 20.7. The third-order valence-electron chi connectivity index (χ3n) is 2.80. The van der Waals surface area contributed by atoms with Gasteiger partial charge < -0.3 is 4.74 Å². The topological polar surface area (TPSA) is 33.0 Å². The third kappa shape index (κ3) is 4.34. The first-order valence-electron chi connectivity index (χ1n) is 5.69. The number of thioether (sulfide) groups is 1. The number of hydrogen-bond acceptors (Lipinski definition) is 3. The average molecular weight is 227 g/mol. The molecular weight excluding hydrogens is 206 g/mol. The average Bonchev–Trinajstić information content (AvgIpc) is 2.16. The zero-order valence-corrected chi connectivity index (χ0v) is 10.8. The number of nitriles is 1. The van der Waals surface area contributed by atoms with Crippen molar-refractivity contribution in [3.8, 4) is 6.26 Å². The van der Waals surface area contributed by atoms with Crippen LogP contribution in [0.1, 0.15) is 52.9 Å². The van der Waals surface area contributed by atoms with Crippen LogP contribution >= 0.6 is 11.8 Å². The van der Waals surface area contributed by atoms with Crippen molar-refractivity contribution in [3.63, 3.8) is 0 Å². The zero-order valence-electron chi connectivity index (χ0n) is 10.0. The monoisotopic (exact) mass is 227 g/mol. The molecule has 0 N–H and O–H groups in total. The smallest absolute Gasteiger partial charge is 0.286 e. The van der Waals surface area contributed by atoms with Gasteiger partial charge in [-0.15, -0.1) is 0 Å². The molecule has 1 aliphatic rings. The Hall–Kier alpha value is -0.360. The molecule has 1 fully saturated rings. The lowest BCUT2D eigenvalue weighted by Gasteiger charge is -2.36. The molecule has 0 aliphatic heterocycles. The largest absolute Gasteiger partial charge is 0.420 e. The first kappa shape index (κ1) is 12.7. The minimum absolute atomic E-state index is 0.162. The van der Waals surface area contributed by atoms with Gasteiger partial charge in [0.1, 0.15) is 5.60 Å². The minimum Gasteiger partial charge on any atom is -0.420 e. The zero-order chi connectivity index (χ0) is 11.4. The maximum absolute atomic E-state index is 8.73. The number of ether oxygens (including phenoxy) is 1. The van der Waals surface area contributed by atoms with Gasteiger partial charge in [-0.25, -0.2) is 0 Å². The van der Waals surface area contributed by atoms with Gasteiger partial charge in [0.2, 0.25) is 0 Å². The second-order valence-corrected chi connectivity index (χ2v) is 7.14. The molecule has 0 saturated heterocycles. The molecule has 0 atom stereocenters. The van der Waals surface area contributed by atoms with Crippen LogP contribution in [0, 0.1) is 11.5 Å². The summed E-state index contributed by atoms with van der Waals surface area (Å²) in [4.78, 5) is 0. The first-order valence-corrected chi connectivity index (χ1v) is 6.67. The minimum atomic E-state index is -0.162. The fourth-order valence-electron chi connectivity index (χ4n) is 1.92. The quantitative estimate of drug-likeness (QED) is 0.689. The molecule has 0 aromatic heterocycles. The van der Waals surface area contributed by atoms with Gasteiger partial charge >= 0.3 is 0 Å². The van der Waals surface area contributed by atoms with Gasteiger partial charge in [0.25, 0.3) is 6.26 Å². The molecule has 0 amide bonds. The van der Waals surface area contributed by atoms with Crippen LogP contribution in [0.3, 0.4) is 0 Å². The maximum atomic E-state index is 8.73.